The van der Waals surface area contributed by atoms with Gasteiger partial charge in [0.15, 0.2) is 5.96 Å². The number of anilines is 1. The summed E-state index contributed by atoms with van der Waals surface area (Å²) in [5.41, 5.74) is 6.05. The van der Waals surface area contributed by atoms with E-state index in [-0.39, 0.29) is 6.10 Å². The number of nitrogens with two attached hydrogens (primary N) is 1. The van der Waals surface area contributed by atoms with E-state index in [9.17, 15) is 5.11 Å². The van der Waals surface area contributed by atoms with Gasteiger partial charge in [-0.3, -0.25) is 4.99 Å². The topological polar surface area (TPSA) is 79.9 Å². The van der Waals surface area contributed by atoms with Gasteiger partial charge in [0.25, 0.3) is 0 Å². The molecule has 0 amide bonds. The number of guanidine groups is 1. The van der Waals surface area contributed by atoms with Gasteiger partial charge in [0.1, 0.15) is 5.75 Å². The number of nitrogens with zero attached hydrogens (tertiary/aromatic N) is 1. The van der Waals surface area contributed by atoms with Crippen molar-refractivity contribution in [1.82, 2.24) is 0 Å². The number of hydrogen-bond donors (Lipinski definition) is 3. The van der Waals surface area contributed by atoms with Crippen molar-refractivity contribution in [3.63, 3.8) is 0 Å². The van der Waals surface area contributed by atoms with Gasteiger partial charge in [-0.05, 0) is 51.0 Å². The number of aliphatic imine (C=N–C) groups is 1. The predicted octanol–water partition coefficient (Wildman–Crippen LogP) is 2.51. The molecule has 0 aliphatic heterocycles. The Labute approximate surface area is 126 Å². The number of ether oxygens (including phenoxy) is 1. The second-order valence-electron chi connectivity index (χ2n) is 5.95. The first-order chi connectivity index (χ1) is 9.97. The van der Waals surface area contributed by atoms with E-state index >= 15 is 0 Å². The zero-order valence-electron chi connectivity index (χ0n) is 12.8. The minimum Gasteiger partial charge on any atom is -0.491 e. The molecule has 1 aliphatic carbocycles. The van der Waals surface area contributed by atoms with Crippen molar-refractivity contribution >= 4 is 11.6 Å². The maximum atomic E-state index is 10.2. The average molecular weight is 291 g/mol. The van der Waals surface area contributed by atoms with Gasteiger partial charge in [0, 0.05) is 5.69 Å². The predicted molar refractivity (Wildman–Crippen MR) is 85.7 cm³/mol. The monoisotopic (exact) mass is 291 g/mol. The van der Waals surface area contributed by atoms with Gasteiger partial charge in [0.2, 0.25) is 0 Å². The highest BCUT2D eigenvalue weighted by molar-refractivity contribution is 5.92. The fraction of sp³-hybridized carbons (Fsp3) is 0.562. The molecule has 1 aliphatic rings. The number of benzene rings is 1. The zero-order chi connectivity index (χ0) is 15.3. The molecule has 1 saturated carbocycles. The summed E-state index contributed by atoms with van der Waals surface area (Å²) < 4.78 is 5.58. The van der Waals surface area contributed by atoms with Crippen LogP contribution in [0.1, 0.15) is 39.5 Å². The number of hydrogen-bond acceptors (Lipinski definition) is 3. The van der Waals surface area contributed by atoms with E-state index in [1.807, 2.05) is 38.1 Å². The minimum atomic E-state index is -0.665. The van der Waals surface area contributed by atoms with E-state index in [4.69, 9.17) is 10.5 Å². The first-order valence-corrected chi connectivity index (χ1v) is 7.53. The second kappa shape index (κ2) is 6.80. The van der Waals surface area contributed by atoms with Crippen molar-refractivity contribution in [3.8, 4) is 5.75 Å². The lowest BCUT2D eigenvalue weighted by molar-refractivity contribution is 0.0575. The zero-order valence-corrected chi connectivity index (χ0v) is 12.8. The summed E-state index contributed by atoms with van der Waals surface area (Å²) in [6.45, 7) is 4.34. The van der Waals surface area contributed by atoms with Crippen LogP contribution in [0.25, 0.3) is 0 Å². The van der Waals surface area contributed by atoms with Gasteiger partial charge < -0.3 is 20.9 Å². The van der Waals surface area contributed by atoms with Crippen LogP contribution in [0.15, 0.2) is 29.3 Å². The Morgan fingerprint density at radius 3 is 2.52 bits per heavy atom. The highest BCUT2D eigenvalue weighted by Gasteiger charge is 2.30. The summed E-state index contributed by atoms with van der Waals surface area (Å²) in [5, 5.41) is 13.2. The maximum Gasteiger partial charge on any atom is 0.193 e. The van der Waals surface area contributed by atoms with Crippen LogP contribution in [0.2, 0.25) is 0 Å². The third-order valence-electron chi connectivity index (χ3n) is 3.58. The average Bonchev–Trinajstić information content (AvgIpc) is 2.86. The van der Waals surface area contributed by atoms with Gasteiger partial charge in [-0.2, -0.15) is 0 Å². The molecule has 0 saturated heterocycles. The third kappa shape index (κ3) is 4.93. The first kappa shape index (κ1) is 15.6. The quantitative estimate of drug-likeness (QED) is 0.575. The van der Waals surface area contributed by atoms with Gasteiger partial charge in [-0.1, -0.05) is 12.8 Å². The van der Waals surface area contributed by atoms with Crippen LogP contribution in [0.5, 0.6) is 5.75 Å². The molecule has 5 nitrogen and oxygen atoms in total. The Kier molecular flexibility index (Phi) is 5.07. The highest BCUT2D eigenvalue weighted by Crippen LogP contribution is 2.29. The largest absolute Gasteiger partial charge is 0.491 e. The molecule has 0 spiro atoms. The van der Waals surface area contributed by atoms with Crippen molar-refractivity contribution in [1.29, 1.82) is 0 Å². The molecular formula is C16H25N3O2. The van der Waals surface area contributed by atoms with Crippen molar-refractivity contribution in [3.05, 3.63) is 24.3 Å². The molecule has 1 aromatic carbocycles. The molecule has 2 rings (SSSR count). The van der Waals surface area contributed by atoms with Gasteiger partial charge >= 0.3 is 0 Å². The lowest BCUT2D eigenvalue weighted by atomic mass is 10.0. The Balaban J connectivity index is 1.88. The van der Waals surface area contributed by atoms with E-state index in [1.54, 1.807) is 0 Å². The van der Waals surface area contributed by atoms with Crippen LogP contribution >= 0.6 is 0 Å². The molecule has 1 fully saturated rings. The van der Waals surface area contributed by atoms with Gasteiger partial charge in [-0.25, -0.2) is 0 Å². The fourth-order valence-electron chi connectivity index (χ4n) is 2.50. The van der Waals surface area contributed by atoms with Crippen LogP contribution in [0, 0.1) is 0 Å². The maximum absolute atomic E-state index is 10.2. The molecule has 1 aromatic rings. The van der Waals surface area contributed by atoms with E-state index in [0.717, 1.165) is 37.1 Å². The van der Waals surface area contributed by atoms with E-state index < -0.39 is 5.60 Å². The van der Waals surface area contributed by atoms with Gasteiger partial charge in [-0.15, -0.1) is 0 Å². The van der Waals surface area contributed by atoms with Crippen molar-refractivity contribution in [2.75, 3.05) is 11.9 Å². The van der Waals surface area contributed by atoms with E-state index in [0.29, 0.717) is 12.5 Å². The number of rotatable bonds is 5. The van der Waals surface area contributed by atoms with Crippen LogP contribution in [0.3, 0.4) is 0 Å². The molecule has 0 heterocycles. The molecule has 0 unspecified atom stereocenters. The van der Waals surface area contributed by atoms with E-state index in [1.165, 1.54) is 0 Å². The molecule has 116 valence electrons. The minimum absolute atomic E-state index is 0.155. The summed E-state index contributed by atoms with van der Waals surface area (Å²) >= 11 is 0. The SMILES string of the molecule is CC(C)Oc1ccc(NC(N)=NCC2(O)CCCC2)cc1. The van der Waals surface area contributed by atoms with Crippen molar-refractivity contribution < 1.29 is 9.84 Å². The third-order valence-corrected chi connectivity index (χ3v) is 3.58. The van der Waals surface area contributed by atoms with Crippen molar-refractivity contribution in [2.24, 2.45) is 10.7 Å². The standard InChI is InChI=1S/C16H25N3O2/c1-12(2)21-14-7-5-13(6-8-14)19-15(17)18-11-16(20)9-3-4-10-16/h5-8,12,20H,3-4,9-11H2,1-2H3,(H3,17,18,19). The molecular weight excluding hydrogens is 266 g/mol. The van der Waals surface area contributed by atoms with E-state index in [2.05, 4.69) is 10.3 Å². The Morgan fingerprint density at radius 1 is 1.33 bits per heavy atom. The molecule has 0 bridgehead atoms. The van der Waals surface area contributed by atoms with Crippen LogP contribution < -0.4 is 15.8 Å². The smallest absolute Gasteiger partial charge is 0.193 e. The summed E-state index contributed by atoms with van der Waals surface area (Å²) in [6.07, 6.45) is 3.91. The summed E-state index contributed by atoms with van der Waals surface area (Å²) in [6, 6.07) is 7.56. The summed E-state index contributed by atoms with van der Waals surface area (Å²) in [5.74, 6) is 1.15. The highest BCUT2D eigenvalue weighted by atomic mass is 16.5. The fourth-order valence-corrected chi connectivity index (χ4v) is 2.50. The molecule has 4 N–H and O–H groups in total. The lowest BCUT2D eigenvalue weighted by Crippen LogP contribution is -2.31. The Bertz CT molecular complexity index is 477. The normalized spacial score (nSPS) is 18.0. The summed E-state index contributed by atoms with van der Waals surface area (Å²) in [4.78, 5) is 4.25. The molecule has 5 heteroatoms. The van der Waals surface area contributed by atoms with Crippen LogP contribution in [-0.2, 0) is 0 Å². The van der Waals surface area contributed by atoms with Crippen LogP contribution in [-0.4, -0.2) is 29.3 Å². The Morgan fingerprint density at radius 2 is 1.95 bits per heavy atom. The van der Waals surface area contributed by atoms with Crippen LogP contribution in [0.4, 0.5) is 5.69 Å². The van der Waals surface area contributed by atoms with Gasteiger partial charge in [0.05, 0.1) is 18.2 Å². The number of aliphatic hydroxyl groups is 1. The molecule has 0 radical (unpaired) electrons. The molecule has 0 aromatic heterocycles. The molecule has 0 atom stereocenters. The number of nitrogens with one attached hydrogen (secondary N) is 1. The first-order valence-electron chi connectivity index (χ1n) is 7.53. The molecule has 21 heavy (non-hydrogen) atoms. The Hall–Kier alpha value is -1.75. The summed E-state index contributed by atoms with van der Waals surface area (Å²) in [7, 11) is 0. The van der Waals surface area contributed by atoms with Crippen molar-refractivity contribution in [2.45, 2.75) is 51.2 Å². The second-order valence-corrected chi connectivity index (χ2v) is 5.95. The lowest BCUT2D eigenvalue weighted by Gasteiger charge is -2.19.